The van der Waals surface area contributed by atoms with Crippen LogP contribution >= 0.6 is 46.1 Å². The molecular weight excluding hydrogens is 554 g/mol. The van der Waals surface area contributed by atoms with Crippen molar-refractivity contribution < 1.29 is 18.7 Å². The van der Waals surface area contributed by atoms with Crippen molar-refractivity contribution in [1.82, 2.24) is 24.8 Å². The Morgan fingerprint density at radius 1 is 1.28 bits per heavy atom. The number of ether oxygens (including phenoxy) is 1. The van der Waals surface area contributed by atoms with Gasteiger partial charge in [-0.15, -0.1) is 0 Å². The van der Waals surface area contributed by atoms with Crippen molar-refractivity contribution in [1.29, 1.82) is 0 Å². The zero-order chi connectivity index (χ0) is 25.6. The highest BCUT2D eigenvalue weighted by molar-refractivity contribution is 7.22. The van der Waals surface area contributed by atoms with E-state index in [2.05, 4.69) is 15.3 Å². The number of amides is 2. The summed E-state index contributed by atoms with van der Waals surface area (Å²) in [6, 6.07) is 3.68. The molecule has 4 aromatic rings. The summed E-state index contributed by atoms with van der Waals surface area (Å²) in [5, 5.41) is 3.06. The van der Waals surface area contributed by atoms with E-state index in [4.69, 9.17) is 45.3 Å². The zero-order valence-corrected chi connectivity index (χ0v) is 21.3. The van der Waals surface area contributed by atoms with Crippen molar-refractivity contribution in [2.45, 2.75) is 6.42 Å². The molecule has 186 valence electrons. The third kappa shape index (κ3) is 4.32. The third-order valence-corrected chi connectivity index (χ3v) is 7.36. The summed E-state index contributed by atoms with van der Waals surface area (Å²) >= 11 is 20.2. The lowest BCUT2D eigenvalue weighted by Gasteiger charge is -2.28. The van der Waals surface area contributed by atoms with Crippen LogP contribution < -0.4 is 15.8 Å². The van der Waals surface area contributed by atoms with E-state index in [-0.39, 0.29) is 49.7 Å². The number of hydrogen-bond acceptors (Lipinski definition) is 7. The summed E-state index contributed by atoms with van der Waals surface area (Å²) in [6.07, 6.45) is 3.26. The van der Waals surface area contributed by atoms with Gasteiger partial charge >= 0.3 is 6.03 Å². The first-order valence-corrected chi connectivity index (χ1v) is 12.5. The summed E-state index contributed by atoms with van der Waals surface area (Å²) in [4.78, 5) is 35.3. The van der Waals surface area contributed by atoms with Gasteiger partial charge in [0.2, 0.25) is 5.28 Å². The van der Waals surface area contributed by atoms with Gasteiger partial charge in [0.1, 0.15) is 5.82 Å². The number of nitrogens with two attached hydrogens (primary N) is 1. The molecule has 1 aliphatic rings. The second-order valence-electron chi connectivity index (χ2n) is 7.73. The first kappa shape index (κ1) is 24.6. The van der Waals surface area contributed by atoms with E-state index in [1.165, 1.54) is 35.5 Å². The number of hydrogen-bond donors (Lipinski definition) is 2. The van der Waals surface area contributed by atoms with Gasteiger partial charge in [-0.3, -0.25) is 4.79 Å². The first-order valence-electron chi connectivity index (χ1n) is 10.5. The van der Waals surface area contributed by atoms with E-state index in [0.717, 1.165) is 15.9 Å². The standard InChI is InChI=1S/C22H16Cl3FN6O3S/c23-12-8-11-17(15(24)14(12)10-2-3-13(26)18-16(10)30-21(27)36-18)35-7-1-5-31(19(11)33)9-29-22(34)32-6-4-28-20(32)25/h2-4,6,8H,1,5,7,9H2,(H2,27,30)(H,29,34). The van der Waals surface area contributed by atoms with Crippen LogP contribution in [-0.2, 0) is 0 Å². The Balaban J connectivity index is 1.51. The van der Waals surface area contributed by atoms with E-state index in [1.807, 2.05) is 0 Å². The van der Waals surface area contributed by atoms with Gasteiger partial charge in [-0.05, 0) is 36.2 Å². The van der Waals surface area contributed by atoms with Gasteiger partial charge in [0.05, 0.1) is 39.1 Å². The molecule has 0 unspecified atom stereocenters. The average Bonchev–Trinajstić information content (AvgIpc) is 3.45. The van der Waals surface area contributed by atoms with E-state index < -0.39 is 17.8 Å². The molecule has 2 aromatic carbocycles. The number of halogens is 4. The quantitative estimate of drug-likeness (QED) is 0.347. The monoisotopic (exact) mass is 568 g/mol. The number of anilines is 1. The molecule has 0 saturated heterocycles. The minimum Gasteiger partial charge on any atom is -0.491 e. The zero-order valence-electron chi connectivity index (χ0n) is 18.2. The van der Waals surface area contributed by atoms with E-state index in [0.29, 0.717) is 29.6 Å². The predicted octanol–water partition coefficient (Wildman–Crippen LogP) is 5.28. The summed E-state index contributed by atoms with van der Waals surface area (Å²) < 4.78 is 21.6. The van der Waals surface area contributed by atoms with Crippen molar-refractivity contribution in [2.75, 3.05) is 25.6 Å². The molecule has 0 bridgehead atoms. The topological polar surface area (TPSA) is 115 Å². The summed E-state index contributed by atoms with van der Waals surface area (Å²) in [5.74, 6) is -0.780. The molecule has 0 saturated carbocycles. The number of carbonyl (C=O) groups excluding carboxylic acids is 2. The summed E-state index contributed by atoms with van der Waals surface area (Å²) in [6.45, 7) is 0.463. The number of carbonyl (C=O) groups is 2. The maximum atomic E-state index is 14.3. The number of thiazole rings is 1. The molecule has 9 nitrogen and oxygen atoms in total. The van der Waals surface area contributed by atoms with E-state index in [1.54, 1.807) is 0 Å². The molecule has 5 rings (SSSR count). The maximum absolute atomic E-state index is 14.3. The van der Waals surface area contributed by atoms with Crippen LogP contribution in [-0.4, -0.2) is 51.2 Å². The Labute approximate surface area is 222 Å². The highest BCUT2D eigenvalue weighted by Gasteiger charge is 2.29. The minimum absolute atomic E-state index is 0.00639. The Bertz CT molecular complexity index is 1520. The predicted molar refractivity (Wildman–Crippen MR) is 137 cm³/mol. The maximum Gasteiger partial charge on any atom is 0.329 e. The Morgan fingerprint density at radius 2 is 2.08 bits per heavy atom. The fourth-order valence-electron chi connectivity index (χ4n) is 3.88. The Morgan fingerprint density at radius 3 is 2.83 bits per heavy atom. The SMILES string of the molecule is Nc1nc2c(-c3c(Cl)cc4c(c3Cl)OCCCN(CNC(=O)n3ccnc3Cl)C4=O)ccc(F)c2s1. The Kier molecular flexibility index (Phi) is 6.64. The van der Waals surface area contributed by atoms with Gasteiger partial charge in [-0.1, -0.05) is 34.5 Å². The van der Waals surface area contributed by atoms with Crippen molar-refractivity contribution >= 4 is 73.4 Å². The lowest BCUT2D eigenvalue weighted by atomic mass is 10.0. The second-order valence-corrected chi connectivity index (χ2v) is 9.88. The van der Waals surface area contributed by atoms with Crippen molar-refractivity contribution in [2.24, 2.45) is 0 Å². The van der Waals surface area contributed by atoms with E-state index in [9.17, 15) is 14.0 Å². The summed E-state index contributed by atoms with van der Waals surface area (Å²) in [5.41, 5.74) is 7.04. The lowest BCUT2D eigenvalue weighted by Crippen LogP contribution is -2.44. The van der Waals surface area contributed by atoms with Crippen LogP contribution in [0.3, 0.4) is 0 Å². The smallest absolute Gasteiger partial charge is 0.329 e. The second kappa shape index (κ2) is 9.74. The lowest BCUT2D eigenvalue weighted by molar-refractivity contribution is 0.0718. The first-order chi connectivity index (χ1) is 17.3. The number of rotatable bonds is 3. The Hall–Kier alpha value is -3.12. The number of nitrogens with zero attached hydrogens (tertiary/aromatic N) is 4. The number of nitrogens with one attached hydrogen (secondary N) is 1. The minimum atomic E-state index is -0.543. The molecule has 2 amide bonds. The van der Waals surface area contributed by atoms with Gasteiger partial charge in [0.15, 0.2) is 10.9 Å². The molecule has 36 heavy (non-hydrogen) atoms. The van der Waals surface area contributed by atoms with Crippen LogP contribution in [0, 0.1) is 5.82 Å². The van der Waals surface area contributed by atoms with E-state index >= 15 is 0 Å². The highest BCUT2D eigenvalue weighted by Crippen LogP contribution is 2.46. The average molecular weight is 570 g/mol. The number of aromatic nitrogens is 3. The largest absolute Gasteiger partial charge is 0.491 e. The summed E-state index contributed by atoms with van der Waals surface area (Å²) in [7, 11) is 0. The molecule has 14 heteroatoms. The fourth-order valence-corrected chi connectivity index (χ4v) is 5.55. The van der Waals surface area contributed by atoms with Crippen LogP contribution in [0.4, 0.5) is 14.3 Å². The molecule has 3 heterocycles. The van der Waals surface area contributed by atoms with Crippen molar-refractivity contribution in [3.8, 4) is 16.9 Å². The number of nitrogen functional groups attached to an aromatic ring is 1. The van der Waals surface area contributed by atoms with Gasteiger partial charge in [0, 0.05) is 30.1 Å². The van der Waals surface area contributed by atoms with Gasteiger partial charge in [-0.25, -0.2) is 23.7 Å². The van der Waals surface area contributed by atoms with Gasteiger partial charge in [-0.2, -0.15) is 0 Å². The molecule has 0 aliphatic carbocycles. The third-order valence-electron chi connectivity index (χ3n) is 5.53. The fraction of sp³-hybridized carbons (Fsp3) is 0.182. The van der Waals surface area contributed by atoms with Crippen LogP contribution in [0.25, 0.3) is 21.3 Å². The van der Waals surface area contributed by atoms with Gasteiger partial charge < -0.3 is 20.7 Å². The van der Waals surface area contributed by atoms with Crippen LogP contribution in [0.5, 0.6) is 5.75 Å². The molecular formula is C22H16Cl3FN6O3S. The molecule has 3 N–H and O–H groups in total. The van der Waals surface area contributed by atoms with Crippen LogP contribution in [0.2, 0.25) is 15.3 Å². The normalized spacial score (nSPS) is 13.8. The van der Waals surface area contributed by atoms with Crippen molar-refractivity contribution in [3.05, 3.63) is 57.3 Å². The van der Waals surface area contributed by atoms with Crippen molar-refractivity contribution in [3.63, 3.8) is 0 Å². The molecule has 0 radical (unpaired) electrons. The number of fused-ring (bicyclic) bond motifs is 2. The van der Waals surface area contributed by atoms with Crippen LogP contribution in [0.1, 0.15) is 16.8 Å². The number of benzene rings is 2. The van der Waals surface area contributed by atoms with Crippen LogP contribution in [0.15, 0.2) is 30.6 Å². The molecule has 0 atom stereocenters. The molecule has 2 aromatic heterocycles. The molecule has 1 aliphatic heterocycles. The molecule has 0 fully saturated rings. The van der Waals surface area contributed by atoms with Gasteiger partial charge in [0.25, 0.3) is 5.91 Å². The molecule has 0 spiro atoms. The highest BCUT2D eigenvalue weighted by atomic mass is 35.5. The number of imidazole rings is 1.